The lowest BCUT2D eigenvalue weighted by atomic mass is 10.0. The van der Waals surface area contributed by atoms with E-state index in [4.69, 9.17) is 0 Å². The Balaban J connectivity index is 1.38. The van der Waals surface area contributed by atoms with Crippen LogP contribution in [0.4, 0.5) is 11.4 Å². The maximum Gasteiger partial charge on any atom is 0.0656 e. The Morgan fingerprint density at radius 3 is 1.28 bits per heavy atom. The Morgan fingerprint density at radius 2 is 0.920 bits per heavy atom. The van der Waals surface area contributed by atoms with Gasteiger partial charge in [-0.05, 0) is 41.8 Å². The maximum absolute atomic E-state index is 2.45. The fourth-order valence-corrected chi connectivity index (χ4v) is 7.17. The normalized spacial score (nSPS) is 18.4. The Bertz CT molecular complexity index is 603. The molecule has 2 aliphatic rings. The van der Waals surface area contributed by atoms with Crippen molar-refractivity contribution in [3.05, 3.63) is 59.7 Å². The zero-order chi connectivity index (χ0) is 16.9. The molecule has 0 bridgehead atoms. The summed E-state index contributed by atoms with van der Waals surface area (Å²) in [7, 11) is 0. The molecule has 0 aromatic heterocycles. The third-order valence-electron chi connectivity index (χ3n) is 4.33. The van der Waals surface area contributed by atoms with Gasteiger partial charge in [0, 0.05) is 21.5 Å². The summed E-state index contributed by atoms with van der Waals surface area (Å²) < 4.78 is 0. The van der Waals surface area contributed by atoms with Crippen molar-refractivity contribution in [3.63, 3.8) is 0 Å². The summed E-state index contributed by atoms with van der Waals surface area (Å²) in [5.74, 6) is 4.45. The van der Waals surface area contributed by atoms with E-state index in [1.165, 1.54) is 32.7 Å². The van der Waals surface area contributed by atoms with Gasteiger partial charge in [0.15, 0.2) is 0 Å². The van der Waals surface area contributed by atoms with Crippen LogP contribution in [0.15, 0.2) is 48.5 Å². The Morgan fingerprint density at radius 1 is 0.560 bits per heavy atom. The van der Waals surface area contributed by atoms with Crippen molar-refractivity contribution < 1.29 is 0 Å². The minimum atomic E-state index is 1.01. The van der Waals surface area contributed by atoms with Crippen molar-refractivity contribution in [3.8, 4) is 0 Å². The van der Waals surface area contributed by atoms with Gasteiger partial charge in [0.25, 0.3) is 0 Å². The van der Waals surface area contributed by atoms with Crippen LogP contribution < -0.4 is 9.80 Å². The minimum Gasteiger partial charge on any atom is -0.353 e. The Labute approximate surface area is 167 Å². The second kappa shape index (κ2) is 8.89. The van der Waals surface area contributed by atoms with Crippen LogP contribution in [0.1, 0.15) is 11.1 Å². The van der Waals surface area contributed by atoms with E-state index in [1.54, 1.807) is 0 Å². The summed E-state index contributed by atoms with van der Waals surface area (Å²) in [4.78, 5) is 4.90. The molecular formula is C19H22N2S4. The molecule has 0 unspecified atom stereocenters. The van der Waals surface area contributed by atoms with E-state index in [0.717, 1.165) is 29.9 Å². The van der Waals surface area contributed by atoms with Crippen molar-refractivity contribution in [2.75, 3.05) is 43.5 Å². The molecule has 2 aromatic rings. The fourth-order valence-electron chi connectivity index (χ4n) is 2.97. The van der Waals surface area contributed by atoms with Gasteiger partial charge in [0.2, 0.25) is 0 Å². The second-order valence-electron chi connectivity index (χ2n) is 6.16. The van der Waals surface area contributed by atoms with Crippen molar-refractivity contribution in [1.29, 1.82) is 0 Å². The molecule has 2 aliphatic heterocycles. The number of benzene rings is 2. The Kier molecular flexibility index (Phi) is 6.34. The first-order chi connectivity index (χ1) is 12.4. The standard InChI is InChI=1S/C19H22N2S4/c1-5-18(20-10-22-14-23-11-20)6-2-16(1)9-17-3-7-19(8-4-17)21-12-24-15-25-13-21/h1-8H,9-15H2. The SMILES string of the molecule is c1cc(N2CSCSC2)ccc1Cc1ccc(N2CSCSC2)cc1. The van der Waals surface area contributed by atoms with Crippen LogP contribution >= 0.6 is 47.0 Å². The second-order valence-corrected chi connectivity index (χ2v) is 10.7. The zero-order valence-corrected chi connectivity index (χ0v) is 17.4. The lowest BCUT2D eigenvalue weighted by Crippen LogP contribution is -2.25. The molecule has 0 amide bonds. The van der Waals surface area contributed by atoms with E-state index >= 15 is 0 Å². The van der Waals surface area contributed by atoms with Crippen LogP contribution in [-0.4, -0.2) is 33.7 Å². The molecule has 2 aromatic carbocycles. The lowest BCUT2D eigenvalue weighted by Gasteiger charge is -2.28. The molecule has 25 heavy (non-hydrogen) atoms. The zero-order valence-electron chi connectivity index (χ0n) is 14.1. The number of rotatable bonds is 4. The average molecular weight is 407 g/mol. The lowest BCUT2D eigenvalue weighted by molar-refractivity contribution is 1.05. The van der Waals surface area contributed by atoms with Crippen LogP contribution in [0.5, 0.6) is 0 Å². The molecule has 4 rings (SSSR count). The van der Waals surface area contributed by atoms with E-state index in [1.807, 2.05) is 47.0 Å². The summed E-state index contributed by atoms with van der Waals surface area (Å²) in [5, 5.41) is 2.44. The quantitative estimate of drug-likeness (QED) is 0.648. The highest BCUT2D eigenvalue weighted by Crippen LogP contribution is 2.29. The van der Waals surface area contributed by atoms with Gasteiger partial charge in [0.05, 0.1) is 23.5 Å². The molecule has 0 saturated carbocycles. The van der Waals surface area contributed by atoms with E-state index in [2.05, 4.69) is 58.3 Å². The van der Waals surface area contributed by atoms with Crippen molar-refractivity contribution in [1.82, 2.24) is 0 Å². The van der Waals surface area contributed by atoms with Crippen molar-refractivity contribution in [2.24, 2.45) is 0 Å². The number of hydrogen-bond acceptors (Lipinski definition) is 6. The summed E-state index contributed by atoms with van der Waals surface area (Å²) in [5.41, 5.74) is 5.47. The van der Waals surface area contributed by atoms with Gasteiger partial charge in [0.1, 0.15) is 0 Å². The van der Waals surface area contributed by atoms with Crippen LogP contribution in [0, 0.1) is 0 Å². The summed E-state index contributed by atoms with van der Waals surface area (Å²) >= 11 is 8.00. The van der Waals surface area contributed by atoms with Gasteiger partial charge in [-0.2, -0.15) is 0 Å². The van der Waals surface area contributed by atoms with E-state index in [0.29, 0.717) is 0 Å². The summed E-state index contributed by atoms with van der Waals surface area (Å²) in [6.07, 6.45) is 1.01. The number of hydrogen-bond donors (Lipinski definition) is 0. The van der Waals surface area contributed by atoms with Crippen molar-refractivity contribution in [2.45, 2.75) is 6.42 Å². The monoisotopic (exact) mass is 406 g/mol. The van der Waals surface area contributed by atoms with E-state index in [-0.39, 0.29) is 0 Å². The maximum atomic E-state index is 2.45. The van der Waals surface area contributed by atoms with E-state index < -0.39 is 0 Å². The molecule has 2 heterocycles. The summed E-state index contributed by atoms with van der Waals surface area (Å²) in [6, 6.07) is 18.2. The van der Waals surface area contributed by atoms with Gasteiger partial charge < -0.3 is 9.80 Å². The molecule has 2 fully saturated rings. The molecule has 6 heteroatoms. The first-order valence-corrected chi connectivity index (χ1v) is 13.0. The minimum absolute atomic E-state index is 1.01. The molecule has 0 spiro atoms. The third-order valence-corrected chi connectivity index (χ3v) is 8.98. The molecule has 0 aliphatic carbocycles. The highest BCUT2D eigenvalue weighted by molar-refractivity contribution is 8.17. The van der Waals surface area contributed by atoms with Gasteiger partial charge in [-0.3, -0.25) is 0 Å². The predicted octanol–water partition coefficient (Wildman–Crippen LogP) is 5.60. The van der Waals surface area contributed by atoms with Gasteiger partial charge in [-0.25, -0.2) is 0 Å². The average Bonchev–Trinajstić information content (AvgIpc) is 2.71. The highest BCUT2D eigenvalue weighted by Gasteiger charge is 2.12. The molecule has 2 saturated heterocycles. The molecule has 132 valence electrons. The van der Waals surface area contributed by atoms with Gasteiger partial charge in [-0.15, -0.1) is 47.0 Å². The largest absolute Gasteiger partial charge is 0.353 e. The van der Waals surface area contributed by atoms with Crippen LogP contribution in [0.3, 0.4) is 0 Å². The van der Waals surface area contributed by atoms with Gasteiger partial charge in [-0.1, -0.05) is 24.3 Å². The number of anilines is 2. The first-order valence-electron chi connectivity index (χ1n) is 8.37. The third kappa shape index (κ3) is 4.79. The predicted molar refractivity (Wildman–Crippen MR) is 120 cm³/mol. The number of thioether (sulfide) groups is 4. The molecular weight excluding hydrogens is 384 g/mol. The van der Waals surface area contributed by atoms with Crippen LogP contribution in [-0.2, 0) is 6.42 Å². The highest BCUT2D eigenvalue weighted by atomic mass is 32.2. The van der Waals surface area contributed by atoms with Gasteiger partial charge >= 0.3 is 0 Å². The van der Waals surface area contributed by atoms with E-state index in [9.17, 15) is 0 Å². The summed E-state index contributed by atoms with van der Waals surface area (Å²) in [6.45, 7) is 0. The van der Waals surface area contributed by atoms with Crippen molar-refractivity contribution >= 4 is 58.4 Å². The molecule has 2 nitrogen and oxygen atoms in total. The molecule has 0 N–H and O–H groups in total. The smallest absolute Gasteiger partial charge is 0.0656 e. The topological polar surface area (TPSA) is 6.48 Å². The number of nitrogens with zero attached hydrogens (tertiary/aromatic N) is 2. The molecule has 0 atom stereocenters. The molecule has 0 radical (unpaired) electrons. The fraction of sp³-hybridized carbons (Fsp3) is 0.368. The first kappa shape index (κ1) is 17.8. The van der Waals surface area contributed by atoms with Crippen LogP contribution in [0.25, 0.3) is 0 Å². The van der Waals surface area contributed by atoms with Crippen LogP contribution in [0.2, 0.25) is 0 Å². The Hall–Kier alpha value is -0.560.